The van der Waals surface area contributed by atoms with Crippen LogP contribution in [-0.4, -0.2) is 36.8 Å². The lowest BCUT2D eigenvalue weighted by Gasteiger charge is -2.25. The Labute approximate surface area is 173 Å². The highest BCUT2D eigenvalue weighted by atomic mass is 35.5. The quantitative estimate of drug-likeness (QED) is 0.508. The average molecular weight is 406 g/mol. The first-order chi connectivity index (χ1) is 13.9. The zero-order chi connectivity index (χ0) is 20.6. The van der Waals surface area contributed by atoms with Crippen molar-refractivity contribution in [3.05, 3.63) is 59.4 Å². The van der Waals surface area contributed by atoms with Crippen LogP contribution in [0.1, 0.15) is 19.4 Å². The number of aliphatic hydroxyl groups is 1. The predicted molar refractivity (Wildman–Crippen MR) is 116 cm³/mol. The Hall–Kier alpha value is -3.14. The van der Waals surface area contributed by atoms with Gasteiger partial charge in [-0.15, -0.1) is 16.6 Å². The number of anilines is 2. The normalized spacial score (nSPS) is 13.3. The Kier molecular flexibility index (Phi) is 4.87. The molecule has 2 aromatic carbocycles. The van der Waals surface area contributed by atoms with Gasteiger partial charge in [0.2, 0.25) is 0 Å². The molecule has 1 N–H and O–H groups in total. The Morgan fingerprint density at radius 1 is 1.28 bits per heavy atom. The van der Waals surface area contributed by atoms with Crippen LogP contribution in [0.3, 0.4) is 0 Å². The second-order valence-corrected chi connectivity index (χ2v) is 7.54. The van der Waals surface area contributed by atoms with Crippen molar-refractivity contribution in [3.63, 3.8) is 0 Å². The van der Waals surface area contributed by atoms with Crippen molar-refractivity contribution in [2.75, 3.05) is 11.4 Å². The molecule has 0 bridgehead atoms. The van der Waals surface area contributed by atoms with E-state index < -0.39 is 5.60 Å². The van der Waals surface area contributed by atoms with E-state index in [9.17, 15) is 5.11 Å². The van der Waals surface area contributed by atoms with Crippen molar-refractivity contribution < 1.29 is 5.11 Å². The maximum Gasteiger partial charge on any atom is 0.257 e. The van der Waals surface area contributed by atoms with Crippen molar-refractivity contribution in [3.8, 4) is 12.3 Å². The number of fused-ring (bicyclic) bond motifs is 3. The Morgan fingerprint density at radius 3 is 2.86 bits per heavy atom. The van der Waals surface area contributed by atoms with E-state index >= 15 is 0 Å². The maximum absolute atomic E-state index is 10.2. The minimum Gasteiger partial charge on any atom is -0.378 e. The molecule has 0 saturated heterocycles. The van der Waals surface area contributed by atoms with Crippen LogP contribution >= 0.6 is 11.6 Å². The Balaban J connectivity index is 1.86. The molecular weight excluding hydrogens is 386 g/mol. The third-order valence-electron chi connectivity index (χ3n) is 4.85. The van der Waals surface area contributed by atoms with Gasteiger partial charge in [0.05, 0.1) is 5.52 Å². The Morgan fingerprint density at radius 2 is 2.10 bits per heavy atom. The van der Waals surface area contributed by atoms with Crippen molar-refractivity contribution in [2.24, 2.45) is 0 Å². The first kappa shape index (κ1) is 19.2. The molecule has 0 saturated carbocycles. The molecular formula is C22H20ClN5O. The van der Waals surface area contributed by atoms with Gasteiger partial charge in [0.1, 0.15) is 17.7 Å². The summed E-state index contributed by atoms with van der Waals surface area (Å²) in [5, 5.41) is 19.9. The van der Waals surface area contributed by atoms with Crippen LogP contribution in [0.2, 0.25) is 5.02 Å². The summed E-state index contributed by atoms with van der Waals surface area (Å²) in [4.78, 5) is 6.85. The molecule has 4 rings (SSSR count). The highest BCUT2D eigenvalue weighted by Gasteiger charge is 2.20. The fourth-order valence-electron chi connectivity index (χ4n) is 3.47. The second-order valence-electron chi connectivity index (χ2n) is 7.11. The standard InChI is InChI=1S/C22H20ClN5O/c1-4-22(3,29)13-15-7-6-8-17(11-15)27(5-2)20-18-10-9-16(23)12-19(18)28-14-24-26-21(28)25-20/h1,6-12,14,29H,5,13H2,2-3H3. The molecule has 0 radical (unpaired) electrons. The second kappa shape index (κ2) is 7.36. The summed E-state index contributed by atoms with van der Waals surface area (Å²) in [7, 11) is 0. The van der Waals surface area contributed by atoms with Gasteiger partial charge in [0.15, 0.2) is 0 Å². The third kappa shape index (κ3) is 3.63. The lowest BCUT2D eigenvalue weighted by Crippen LogP contribution is -2.24. The molecule has 0 spiro atoms. The number of nitrogens with zero attached hydrogens (tertiary/aromatic N) is 5. The van der Waals surface area contributed by atoms with Crippen LogP contribution in [0.5, 0.6) is 0 Å². The monoisotopic (exact) mass is 405 g/mol. The molecule has 146 valence electrons. The van der Waals surface area contributed by atoms with Crippen molar-refractivity contribution in [1.29, 1.82) is 0 Å². The number of terminal acetylenes is 1. The van der Waals surface area contributed by atoms with Crippen LogP contribution in [0.15, 0.2) is 48.8 Å². The first-order valence-corrected chi connectivity index (χ1v) is 9.65. The van der Waals surface area contributed by atoms with Crippen LogP contribution < -0.4 is 4.90 Å². The van der Waals surface area contributed by atoms with Crippen molar-refractivity contribution in [2.45, 2.75) is 25.9 Å². The maximum atomic E-state index is 10.2. The van der Waals surface area contributed by atoms with Gasteiger partial charge < -0.3 is 10.0 Å². The fourth-order valence-corrected chi connectivity index (χ4v) is 3.63. The molecule has 0 amide bonds. The number of rotatable bonds is 5. The summed E-state index contributed by atoms with van der Waals surface area (Å²) in [5.74, 6) is 3.69. The number of hydrogen-bond acceptors (Lipinski definition) is 5. The summed E-state index contributed by atoms with van der Waals surface area (Å²) >= 11 is 6.24. The molecule has 0 aliphatic rings. The molecule has 29 heavy (non-hydrogen) atoms. The number of benzene rings is 2. The van der Waals surface area contributed by atoms with Gasteiger partial charge in [-0.2, -0.15) is 4.98 Å². The predicted octanol–water partition coefficient (Wildman–Crippen LogP) is 4.02. The lowest BCUT2D eigenvalue weighted by molar-refractivity contribution is 0.123. The van der Waals surface area contributed by atoms with Crippen LogP contribution in [0, 0.1) is 12.3 Å². The number of halogens is 1. The van der Waals surface area contributed by atoms with E-state index in [2.05, 4.69) is 27.9 Å². The minimum absolute atomic E-state index is 0.363. The smallest absolute Gasteiger partial charge is 0.257 e. The van der Waals surface area contributed by atoms with Gasteiger partial charge in [-0.3, -0.25) is 4.40 Å². The lowest BCUT2D eigenvalue weighted by atomic mass is 9.97. The van der Waals surface area contributed by atoms with E-state index in [0.29, 0.717) is 23.8 Å². The minimum atomic E-state index is -1.20. The molecule has 7 heteroatoms. The summed E-state index contributed by atoms with van der Waals surface area (Å²) in [5.41, 5.74) is 1.58. The van der Waals surface area contributed by atoms with Gasteiger partial charge in [-0.25, -0.2) is 0 Å². The van der Waals surface area contributed by atoms with Gasteiger partial charge in [0.25, 0.3) is 5.78 Å². The SMILES string of the molecule is C#CC(C)(O)Cc1cccc(N(CC)c2nc3nncn3c3cc(Cl)ccc23)c1. The van der Waals surface area contributed by atoms with E-state index in [0.717, 1.165) is 28.0 Å². The highest BCUT2D eigenvalue weighted by molar-refractivity contribution is 6.31. The molecule has 0 aliphatic heterocycles. The molecule has 0 aliphatic carbocycles. The van der Waals surface area contributed by atoms with Gasteiger partial charge in [-0.1, -0.05) is 29.7 Å². The Bertz CT molecular complexity index is 1240. The third-order valence-corrected chi connectivity index (χ3v) is 5.08. The van der Waals surface area contributed by atoms with Crippen molar-refractivity contribution >= 4 is 39.8 Å². The van der Waals surface area contributed by atoms with Gasteiger partial charge in [-0.05, 0) is 49.7 Å². The summed E-state index contributed by atoms with van der Waals surface area (Å²) in [6.07, 6.45) is 7.43. The van der Waals surface area contributed by atoms with E-state index in [-0.39, 0.29) is 0 Å². The zero-order valence-electron chi connectivity index (χ0n) is 16.2. The van der Waals surface area contributed by atoms with Crippen LogP contribution in [-0.2, 0) is 6.42 Å². The molecule has 0 fully saturated rings. The molecule has 2 heterocycles. The van der Waals surface area contributed by atoms with E-state index in [1.807, 2.05) is 46.9 Å². The van der Waals surface area contributed by atoms with E-state index in [4.69, 9.17) is 23.0 Å². The first-order valence-electron chi connectivity index (χ1n) is 9.27. The van der Waals surface area contributed by atoms with E-state index in [1.165, 1.54) is 0 Å². The molecule has 2 aromatic heterocycles. The highest BCUT2D eigenvalue weighted by Crippen LogP contribution is 2.33. The number of aromatic nitrogens is 4. The van der Waals surface area contributed by atoms with Gasteiger partial charge in [0, 0.05) is 29.1 Å². The molecule has 6 nitrogen and oxygen atoms in total. The molecule has 1 atom stereocenters. The van der Waals surface area contributed by atoms with Crippen LogP contribution in [0.25, 0.3) is 16.7 Å². The van der Waals surface area contributed by atoms with E-state index in [1.54, 1.807) is 13.3 Å². The summed E-state index contributed by atoms with van der Waals surface area (Å²) in [6.45, 7) is 4.38. The topological polar surface area (TPSA) is 66.5 Å². The van der Waals surface area contributed by atoms with Gasteiger partial charge >= 0.3 is 0 Å². The largest absolute Gasteiger partial charge is 0.378 e. The molecule has 1 unspecified atom stereocenters. The average Bonchev–Trinajstić information content (AvgIpc) is 3.17. The summed E-state index contributed by atoms with van der Waals surface area (Å²) in [6, 6.07) is 13.6. The molecule has 4 aromatic rings. The number of hydrogen-bond donors (Lipinski definition) is 1. The zero-order valence-corrected chi connectivity index (χ0v) is 16.9. The fraction of sp³-hybridized carbons (Fsp3) is 0.227. The van der Waals surface area contributed by atoms with Crippen molar-refractivity contribution in [1.82, 2.24) is 19.6 Å². The van der Waals surface area contributed by atoms with Crippen LogP contribution in [0.4, 0.5) is 11.5 Å². The summed E-state index contributed by atoms with van der Waals surface area (Å²) < 4.78 is 1.82.